The fraction of sp³-hybridized carbons (Fsp3) is 0.733. The van der Waals surface area contributed by atoms with Crippen molar-refractivity contribution in [1.82, 2.24) is 14.9 Å². The average Bonchev–Trinajstić information content (AvgIpc) is 2.55. The molecule has 2 saturated heterocycles. The van der Waals surface area contributed by atoms with Crippen LogP contribution in [0.4, 0.5) is 11.8 Å². The van der Waals surface area contributed by atoms with E-state index in [0.717, 1.165) is 58.2 Å². The highest BCUT2D eigenvalue weighted by Crippen LogP contribution is 2.26. The van der Waals surface area contributed by atoms with Crippen molar-refractivity contribution in [2.45, 2.75) is 6.42 Å². The largest absolute Gasteiger partial charge is 0.396 e. The first-order valence-corrected chi connectivity index (χ1v) is 7.99. The van der Waals surface area contributed by atoms with Crippen LogP contribution in [0.1, 0.15) is 6.42 Å². The van der Waals surface area contributed by atoms with E-state index in [0.29, 0.717) is 11.9 Å². The van der Waals surface area contributed by atoms with E-state index < -0.39 is 0 Å². The number of hydrogen-bond acceptors (Lipinski definition) is 7. The van der Waals surface area contributed by atoms with Crippen LogP contribution in [0.25, 0.3) is 0 Å². The summed E-state index contributed by atoms with van der Waals surface area (Å²) in [5.41, 5.74) is 5.70. The second-order valence-electron chi connectivity index (χ2n) is 6.24. The van der Waals surface area contributed by atoms with Gasteiger partial charge in [-0.1, -0.05) is 0 Å². The van der Waals surface area contributed by atoms with Crippen molar-refractivity contribution in [2.24, 2.45) is 11.8 Å². The van der Waals surface area contributed by atoms with Crippen molar-refractivity contribution in [3.63, 3.8) is 0 Å². The summed E-state index contributed by atoms with van der Waals surface area (Å²) in [6.07, 6.45) is 2.75. The second kappa shape index (κ2) is 7.21. The van der Waals surface area contributed by atoms with Gasteiger partial charge in [-0.15, -0.1) is 0 Å². The van der Waals surface area contributed by atoms with E-state index in [1.165, 1.54) is 0 Å². The topological polar surface area (TPSA) is 87.7 Å². The number of aliphatic hydroxyl groups excluding tert-OH is 1. The standard InChI is InChI=1S/C15H25N5O2/c16-15-17-2-1-14(18-15)20-9-12(7-13(10-20)11-21)8-19-3-5-22-6-4-19/h1-2,12-13,21H,3-11H2,(H2,16,17,18). The zero-order valence-electron chi connectivity index (χ0n) is 12.9. The molecule has 122 valence electrons. The van der Waals surface area contributed by atoms with Crippen LogP contribution in [-0.2, 0) is 4.74 Å². The maximum absolute atomic E-state index is 9.62. The summed E-state index contributed by atoms with van der Waals surface area (Å²) in [5, 5.41) is 9.62. The minimum atomic E-state index is 0.219. The SMILES string of the molecule is Nc1nccc(N2CC(CO)CC(CN3CCOCC3)C2)n1. The molecular weight excluding hydrogens is 282 g/mol. The smallest absolute Gasteiger partial charge is 0.221 e. The average molecular weight is 307 g/mol. The van der Waals surface area contributed by atoms with Gasteiger partial charge in [-0.05, 0) is 24.3 Å². The van der Waals surface area contributed by atoms with Crippen LogP contribution in [0.3, 0.4) is 0 Å². The maximum atomic E-state index is 9.62. The van der Waals surface area contributed by atoms with Crippen LogP contribution >= 0.6 is 0 Å². The zero-order valence-corrected chi connectivity index (χ0v) is 12.9. The molecule has 2 aliphatic heterocycles. The molecule has 0 radical (unpaired) electrons. The van der Waals surface area contributed by atoms with Crippen LogP contribution < -0.4 is 10.6 Å². The van der Waals surface area contributed by atoms with Crippen molar-refractivity contribution in [3.05, 3.63) is 12.3 Å². The van der Waals surface area contributed by atoms with Gasteiger partial charge in [-0.3, -0.25) is 4.90 Å². The van der Waals surface area contributed by atoms with Crippen molar-refractivity contribution in [3.8, 4) is 0 Å². The normalized spacial score (nSPS) is 27.0. The minimum absolute atomic E-state index is 0.219. The molecule has 1 aromatic rings. The number of hydrogen-bond donors (Lipinski definition) is 2. The number of rotatable bonds is 4. The molecule has 7 heteroatoms. The van der Waals surface area contributed by atoms with Crippen LogP contribution in [0, 0.1) is 11.8 Å². The lowest BCUT2D eigenvalue weighted by Crippen LogP contribution is -2.48. The van der Waals surface area contributed by atoms with Gasteiger partial charge in [-0.2, -0.15) is 4.98 Å². The van der Waals surface area contributed by atoms with E-state index in [2.05, 4.69) is 19.8 Å². The molecule has 2 aliphatic rings. The number of nitrogens with zero attached hydrogens (tertiary/aromatic N) is 4. The molecule has 2 fully saturated rings. The van der Waals surface area contributed by atoms with E-state index in [4.69, 9.17) is 10.5 Å². The van der Waals surface area contributed by atoms with Gasteiger partial charge in [0.05, 0.1) is 13.2 Å². The van der Waals surface area contributed by atoms with Gasteiger partial charge in [0.2, 0.25) is 5.95 Å². The van der Waals surface area contributed by atoms with Crippen LogP contribution in [0.2, 0.25) is 0 Å². The highest BCUT2D eigenvalue weighted by molar-refractivity contribution is 5.41. The predicted molar refractivity (Wildman–Crippen MR) is 84.6 cm³/mol. The van der Waals surface area contributed by atoms with Crippen molar-refractivity contribution in [2.75, 3.05) is 63.2 Å². The summed E-state index contributed by atoms with van der Waals surface area (Å²) in [4.78, 5) is 13.0. The first-order chi connectivity index (χ1) is 10.7. The number of aliphatic hydroxyl groups is 1. The summed E-state index contributed by atoms with van der Waals surface area (Å²) in [6.45, 7) is 6.69. The number of aromatic nitrogens is 2. The second-order valence-corrected chi connectivity index (χ2v) is 6.24. The van der Waals surface area contributed by atoms with E-state index >= 15 is 0 Å². The first kappa shape index (κ1) is 15.5. The Morgan fingerprint density at radius 1 is 1.27 bits per heavy atom. The van der Waals surface area contributed by atoms with Gasteiger partial charge >= 0.3 is 0 Å². The lowest BCUT2D eigenvalue weighted by atomic mass is 9.89. The molecule has 2 atom stereocenters. The Kier molecular flexibility index (Phi) is 5.07. The molecule has 0 spiro atoms. The van der Waals surface area contributed by atoms with Crippen LogP contribution in [-0.4, -0.2) is 72.5 Å². The minimum Gasteiger partial charge on any atom is -0.396 e. The first-order valence-electron chi connectivity index (χ1n) is 7.99. The fourth-order valence-electron chi connectivity index (χ4n) is 3.46. The molecule has 2 unspecified atom stereocenters. The molecule has 7 nitrogen and oxygen atoms in total. The van der Waals surface area contributed by atoms with Crippen molar-refractivity contribution in [1.29, 1.82) is 0 Å². The lowest BCUT2D eigenvalue weighted by molar-refractivity contribution is 0.0268. The highest BCUT2D eigenvalue weighted by Gasteiger charge is 2.29. The maximum Gasteiger partial charge on any atom is 0.221 e. The highest BCUT2D eigenvalue weighted by atomic mass is 16.5. The fourth-order valence-corrected chi connectivity index (χ4v) is 3.46. The lowest BCUT2D eigenvalue weighted by Gasteiger charge is -2.40. The molecule has 0 amide bonds. The Bertz CT molecular complexity index is 481. The molecule has 0 aromatic carbocycles. The van der Waals surface area contributed by atoms with Gasteiger partial charge in [-0.25, -0.2) is 4.98 Å². The predicted octanol–water partition coefficient (Wildman–Crippen LogP) is -0.174. The third kappa shape index (κ3) is 3.85. The summed E-state index contributed by atoms with van der Waals surface area (Å²) in [6, 6.07) is 1.89. The molecular formula is C15H25N5O2. The summed E-state index contributed by atoms with van der Waals surface area (Å²) in [5.74, 6) is 1.97. The number of ether oxygens (including phenoxy) is 1. The van der Waals surface area contributed by atoms with Crippen molar-refractivity contribution >= 4 is 11.8 Å². The van der Waals surface area contributed by atoms with Gasteiger partial charge in [0.15, 0.2) is 0 Å². The van der Waals surface area contributed by atoms with Crippen LogP contribution in [0.5, 0.6) is 0 Å². The van der Waals surface area contributed by atoms with E-state index in [-0.39, 0.29) is 12.5 Å². The molecule has 0 aliphatic carbocycles. The quantitative estimate of drug-likeness (QED) is 0.798. The third-order valence-electron chi connectivity index (χ3n) is 4.49. The molecule has 1 aromatic heterocycles. The Balaban J connectivity index is 1.66. The third-order valence-corrected chi connectivity index (χ3v) is 4.49. The van der Waals surface area contributed by atoms with Gasteiger partial charge in [0, 0.05) is 45.5 Å². The Hall–Kier alpha value is -1.44. The number of nitrogens with two attached hydrogens (primary N) is 1. The Labute approximate surface area is 131 Å². The Morgan fingerprint density at radius 2 is 2.05 bits per heavy atom. The van der Waals surface area contributed by atoms with E-state index in [1.54, 1.807) is 6.20 Å². The molecule has 0 bridgehead atoms. The monoisotopic (exact) mass is 307 g/mol. The molecule has 3 rings (SSSR count). The molecule has 0 saturated carbocycles. The van der Waals surface area contributed by atoms with Gasteiger partial charge in [0.1, 0.15) is 5.82 Å². The molecule has 22 heavy (non-hydrogen) atoms. The number of anilines is 2. The zero-order chi connectivity index (χ0) is 15.4. The number of nitrogen functional groups attached to an aromatic ring is 1. The summed E-state index contributed by atoms with van der Waals surface area (Å²) in [7, 11) is 0. The van der Waals surface area contributed by atoms with E-state index in [9.17, 15) is 5.11 Å². The Morgan fingerprint density at radius 3 is 2.77 bits per heavy atom. The summed E-state index contributed by atoms with van der Waals surface area (Å²) >= 11 is 0. The molecule has 3 N–H and O–H groups in total. The van der Waals surface area contributed by atoms with Gasteiger partial charge in [0.25, 0.3) is 0 Å². The number of piperidine rings is 1. The van der Waals surface area contributed by atoms with Crippen molar-refractivity contribution < 1.29 is 9.84 Å². The molecule has 3 heterocycles. The summed E-state index contributed by atoms with van der Waals surface area (Å²) < 4.78 is 5.41. The van der Waals surface area contributed by atoms with Crippen LogP contribution in [0.15, 0.2) is 12.3 Å². The van der Waals surface area contributed by atoms with Gasteiger partial charge < -0.3 is 20.5 Å². The van der Waals surface area contributed by atoms with E-state index in [1.807, 2.05) is 6.07 Å². The number of morpholine rings is 1.